The van der Waals surface area contributed by atoms with Crippen molar-refractivity contribution in [3.63, 3.8) is 0 Å². The van der Waals surface area contributed by atoms with Gasteiger partial charge in [-0.1, -0.05) is 11.3 Å². The van der Waals surface area contributed by atoms with E-state index in [2.05, 4.69) is 15.9 Å². The van der Waals surface area contributed by atoms with Crippen molar-refractivity contribution in [3.05, 3.63) is 9.35 Å². The molecule has 0 fully saturated rings. The van der Waals surface area contributed by atoms with Gasteiger partial charge in [0.05, 0.1) is 25.1 Å². The van der Waals surface area contributed by atoms with Crippen LogP contribution in [0, 0.1) is 0 Å². The van der Waals surface area contributed by atoms with E-state index in [0.717, 1.165) is 11.3 Å². The average Bonchev–Trinajstić information content (AvgIpc) is 2.42. The summed E-state index contributed by atoms with van der Waals surface area (Å²) >= 11 is 4.12. The normalized spacial score (nSPS) is 9.77. The summed E-state index contributed by atoms with van der Waals surface area (Å²) in [5.74, 6) is -1.03. The molecule has 0 bridgehead atoms. The van der Waals surface area contributed by atoms with Gasteiger partial charge in [-0.15, -0.1) is 0 Å². The van der Waals surface area contributed by atoms with Crippen molar-refractivity contribution in [1.82, 2.24) is 0 Å². The molecule has 6 heteroatoms. The number of hydrogen-bond donors (Lipinski definition) is 0. The Morgan fingerprint density at radius 2 is 2.08 bits per heavy atom. The predicted octanol–water partition coefficient (Wildman–Crippen LogP) is 0.891. The van der Waals surface area contributed by atoms with E-state index in [4.69, 9.17) is 9.47 Å². The summed E-state index contributed by atoms with van der Waals surface area (Å²) in [4.78, 5) is 10.6. The molecule has 0 amide bonds. The van der Waals surface area contributed by atoms with Crippen LogP contribution >= 0.6 is 27.3 Å². The first-order valence-electron chi connectivity index (χ1n) is 3.23. The zero-order valence-electron chi connectivity index (χ0n) is 6.92. The first-order chi connectivity index (χ1) is 6.11. The highest BCUT2D eigenvalue weighted by Gasteiger charge is 2.18. The van der Waals surface area contributed by atoms with Crippen LogP contribution in [0.4, 0.5) is 0 Å². The second-order valence-electron chi connectivity index (χ2n) is 2.06. The van der Waals surface area contributed by atoms with Gasteiger partial charge < -0.3 is 19.4 Å². The third-order valence-electron chi connectivity index (χ3n) is 1.35. The van der Waals surface area contributed by atoms with E-state index < -0.39 is 5.97 Å². The molecule has 0 unspecified atom stereocenters. The standard InChI is InChI=1S/C7H7BrO4S/c1-11-4-3(8)7(12-2)13-5(4)6(9)10/h1-2H3,(H,9,10)/p-1. The highest BCUT2D eigenvalue weighted by Crippen LogP contribution is 2.44. The molecule has 0 aliphatic rings. The fraction of sp³-hybridized carbons (Fsp3) is 0.286. The number of halogens is 1. The van der Waals surface area contributed by atoms with Crippen molar-refractivity contribution in [1.29, 1.82) is 0 Å². The molecule has 0 spiro atoms. The van der Waals surface area contributed by atoms with Crippen LogP contribution in [0.15, 0.2) is 4.47 Å². The minimum atomic E-state index is -1.27. The summed E-state index contributed by atoms with van der Waals surface area (Å²) in [7, 11) is 2.84. The number of hydrogen-bond acceptors (Lipinski definition) is 5. The quantitative estimate of drug-likeness (QED) is 0.815. The third-order valence-corrected chi connectivity index (χ3v) is 3.45. The summed E-state index contributed by atoms with van der Waals surface area (Å²) < 4.78 is 10.3. The van der Waals surface area contributed by atoms with Gasteiger partial charge in [-0.2, -0.15) is 0 Å². The number of methoxy groups -OCH3 is 2. The van der Waals surface area contributed by atoms with E-state index in [1.54, 1.807) is 0 Å². The molecule has 0 N–H and O–H groups in total. The maximum Gasteiger partial charge on any atom is 0.192 e. The Morgan fingerprint density at radius 1 is 1.46 bits per heavy atom. The van der Waals surface area contributed by atoms with Gasteiger partial charge in [-0.3, -0.25) is 0 Å². The Hall–Kier alpha value is -0.750. The number of ether oxygens (including phenoxy) is 2. The molecule has 0 aliphatic carbocycles. The molecule has 0 atom stereocenters. The molecule has 72 valence electrons. The lowest BCUT2D eigenvalue weighted by molar-refractivity contribution is -0.254. The molecule has 1 heterocycles. The zero-order valence-corrected chi connectivity index (χ0v) is 9.32. The van der Waals surface area contributed by atoms with Gasteiger partial charge in [0.2, 0.25) is 0 Å². The van der Waals surface area contributed by atoms with Crippen LogP contribution in [0.5, 0.6) is 10.8 Å². The van der Waals surface area contributed by atoms with E-state index in [-0.39, 0.29) is 10.6 Å². The third kappa shape index (κ3) is 1.78. The van der Waals surface area contributed by atoms with Crippen LogP contribution in [-0.2, 0) is 0 Å². The number of thiophene rings is 1. The number of carbonyl (C=O) groups excluding carboxylic acids is 1. The minimum absolute atomic E-state index is 0.0197. The number of carboxylic acid groups (broad SMARTS) is 1. The molecule has 0 aliphatic heterocycles. The maximum atomic E-state index is 10.6. The Morgan fingerprint density at radius 3 is 2.38 bits per heavy atom. The maximum absolute atomic E-state index is 10.6. The van der Waals surface area contributed by atoms with E-state index in [9.17, 15) is 9.90 Å². The topological polar surface area (TPSA) is 58.6 Å². The van der Waals surface area contributed by atoms with Crippen LogP contribution in [0.1, 0.15) is 9.67 Å². The molecule has 0 radical (unpaired) electrons. The van der Waals surface area contributed by atoms with Gasteiger partial charge >= 0.3 is 0 Å². The van der Waals surface area contributed by atoms with E-state index >= 15 is 0 Å². The number of aromatic carboxylic acids is 1. The van der Waals surface area contributed by atoms with Crippen molar-refractivity contribution in [2.24, 2.45) is 0 Å². The van der Waals surface area contributed by atoms with Crippen molar-refractivity contribution in [2.45, 2.75) is 0 Å². The fourth-order valence-corrected chi connectivity index (χ4v) is 2.53. The molecule has 1 aromatic rings. The lowest BCUT2D eigenvalue weighted by Crippen LogP contribution is -2.21. The lowest BCUT2D eigenvalue weighted by Gasteiger charge is -2.02. The summed E-state index contributed by atoms with van der Waals surface area (Å²) in [6, 6.07) is 0. The number of rotatable bonds is 3. The largest absolute Gasteiger partial charge is 0.544 e. The molecule has 4 nitrogen and oxygen atoms in total. The highest BCUT2D eigenvalue weighted by molar-refractivity contribution is 9.10. The summed E-state index contributed by atoms with van der Waals surface area (Å²) in [5, 5.41) is 11.1. The molecule has 0 aromatic carbocycles. The van der Waals surface area contributed by atoms with Gasteiger partial charge in [0.1, 0.15) is 4.47 Å². The van der Waals surface area contributed by atoms with E-state index in [0.29, 0.717) is 9.54 Å². The Kier molecular flexibility index (Phi) is 3.16. The van der Waals surface area contributed by atoms with Crippen molar-refractivity contribution in [2.75, 3.05) is 14.2 Å². The van der Waals surface area contributed by atoms with Crippen LogP contribution < -0.4 is 14.6 Å². The van der Waals surface area contributed by atoms with Gasteiger partial charge in [0.15, 0.2) is 10.8 Å². The molecule has 0 saturated heterocycles. The second kappa shape index (κ2) is 3.97. The van der Waals surface area contributed by atoms with Crippen LogP contribution in [-0.4, -0.2) is 20.2 Å². The minimum Gasteiger partial charge on any atom is -0.544 e. The molecular weight excluding hydrogens is 260 g/mol. The molecule has 0 saturated carbocycles. The SMILES string of the molecule is COc1sc(C(=O)[O-])c(OC)c1Br. The summed E-state index contributed by atoms with van der Waals surface area (Å²) in [5.41, 5.74) is 0. The average molecular weight is 266 g/mol. The van der Waals surface area contributed by atoms with Crippen LogP contribution in [0.3, 0.4) is 0 Å². The zero-order chi connectivity index (χ0) is 10.0. The monoisotopic (exact) mass is 265 g/mol. The van der Waals surface area contributed by atoms with E-state index in [1.165, 1.54) is 14.2 Å². The lowest BCUT2D eigenvalue weighted by atomic mass is 10.4. The van der Waals surface area contributed by atoms with Crippen molar-refractivity contribution in [3.8, 4) is 10.8 Å². The van der Waals surface area contributed by atoms with Crippen LogP contribution in [0.2, 0.25) is 0 Å². The fourth-order valence-electron chi connectivity index (χ4n) is 0.824. The highest BCUT2D eigenvalue weighted by atomic mass is 79.9. The Labute approximate surface area is 87.2 Å². The number of carbonyl (C=O) groups is 1. The smallest absolute Gasteiger partial charge is 0.192 e. The number of carboxylic acids is 1. The van der Waals surface area contributed by atoms with Gasteiger partial charge in [0.25, 0.3) is 0 Å². The summed E-state index contributed by atoms with van der Waals surface area (Å²) in [6.07, 6.45) is 0. The van der Waals surface area contributed by atoms with Crippen LogP contribution in [0.25, 0.3) is 0 Å². The Bertz CT molecular complexity index is 333. The molecule has 1 aromatic heterocycles. The molecule has 1 rings (SSSR count). The molecular formula is C7H6BrO4S-. The first-order valence-corrected chi connectivity index (χ1v) is 4.84. The van der Waals surface area contributed by atoms with Crippen molar-refractivity contribution >= 4 is 33.2 Å². The van der Waals surface area contributed by atoms with Gasteiger partial charge in [-0.05, 0) is 15.9 Å². The van der Waals surface area contributed by atoms with Crippen molar-refractivity contribution < 1.29 is 19.4 Å². The van der Waals surface area contributed by atoms with Gasteiger partial charge in [-0.25, -0.2) is 0 Å². The second-order valence-corrected chi connectivity index (χ2v) is 3.83. The van der Waals surface area contributed by atoms with Gasteiger partial charge in [0, 0.05) is 0 Å². The Balaban J connectivity index is 3.27. The first kappa shape index (κ1) is 10.3. The summed E-state index contributed by atoms with van der Waals surface area (Å²) in [6.45, 7) is 0. The van der Waals surface area contributed by atoms with E-state index in [1.807, 2.05) is 0 Å². The predicted molar refractivity (Wildman–Crippen MR) is 49.5 cm³/mol. The molecule has 13 heavy (non-hydrogen) atoms.